The fourth-order valence-electron chi connectivity index (χ4n) is 4.19. The number of piperazine rings is 1. The lowest BCUT2D eigenvalue weighted by Gasteiger charge is -2.36. The number of amides is 2. The molecule has 35 heavy (non-hydrogen) atoms. The van der Waals surface area contributed by atoms with Crippen molar-refractivity contribution in [2.24, 2.45) is 0 Å². The highest BCUT2D eigenvalue weighted by Gasteiger charge is 2.24. The van der Waals surface area contributed by atoms with E-state index in [0.717, 1.165) is 22.6 Å². The van der Waals surface area contributed by atoms with Gasteiger partial charge in [-0.3, -0.25) is 9.59 Å². The highest BCUT2D eigenvalue weighted by Crippen LogP contribution is 2.24. The highest BCUT2D eigenvalue weighted by atomic mass is 16.2. The van der Waals surface area contributed by atoms with Crippen molar-refractivity contribution in [3.63, 3.8) is 0 Å². The average molecular weight is 470 g/mol. The lowest BCUT2D eigenvalue weighted by atomic mass is 10.0. The summed E-state index contributed by atoms with van der Waals surface area (Å²) in [6.07, 6.45) is 2.03. The Morgan fingerprint density at radius 3 is 2.14 bits per heavy atom. The minimum absolute atomic E-state index is 0.0336. The first-order valence-electron chi connectivity index (χ1n) is 12.0. The Morgan fingerprint density at radius 2 is 1.54 bits per heavy atom. The van der Waals surface area contributed by atoms with Gasteiger partial charge in [-0.05, 0) is 23.3 Å². The molecule has 7 nitrogen and oxygen atoms in total. The normalized spacial score (nSPS) is 13.4. The Morgan fingerprint density at radius 1 is 0.886 bits per heavy atom. The van der Waals surface area contributed by atoms with E-state index in [-0.39, 0.29) is 18.4 Å². The van der Waals surface area contributed by atoms with Gasteiger partial charge in [-0.15, -0.1) is 16.8 Å². The number of aromatic nitrogens is 2. The van der Waals surface area contributed by atoms with Crippen molar-refractivity contribution in [2.45, 2.75) is 13.3 Å². The fourth-order valence-corrected chi connectivity index (χ4v) is 4.19. The van der Waals surface area contributed by atoms with Crippen LogP contribution in [0.25, 0.3) is 22.4 Å². The Labute approximate surface area is 206 Å². The van der Waals surface area contributed by atoms with Crippen LogP contribution >= 0.6 is 0 Å². The Bertz CT molecular complexity index is 1140. The van der Waals surface area contributed by atoms with Crippen molar-refractivity contribution < 1.29 is 9.59 Å². The molecule has 1 aliphatic rings. The molecular formula is C28H31N5O2. The number of rotatable bonds is 8. The van der Waals surface area contributed by atoms with Crippen LogP contribution in [0.5, 0.6) is 0 Å². The van der Waals surface area contributed by atoms with E-state index in [1.807, 2.05) is 35.2 Å². The van der Waals surface area contributed by atoms with Crippen molar-refractivity contribution in [1.82, 2.24) is 20.0 Å². The predicted molar refractivity (Wildman–Crippen MR) is 139 cm³/mol. The summed E-state index contributed by atoms with van der Waals surface area (Å²) >= 11 is 0. The minimum Gasteiger partial charge on any atom is -0.352 e. The third kappa shape index (κ3) is 5.93. The second kappa shape index (κ2) is 11.4. The maximum absolute atomic E-state index is 12.7. The first-order chi connectivity index (χ1) is 17.1. The maximum atomic E-state index is 12.7. The molecule has 2 amide bonds. The SMILES string of the molecule is C=CCN(CC(=O)N1CCN(c2ccc(-c3ccc(-c4ccccc4)cc3)nn2)CC1)C(=O)CC. The van der Waals surface area contributed by atoms with Crippen molar-refractivity contribution in [1.29, 1.82) is 0 Å². The van der Waals surface area contributed by atoms with Crippen LogP contribution in [-0.4, -0.2) is 71.1 Å². The average Bonchev–Trinajstić information content (AvgIpc) is 2.93. The maximum Gasteiger partial charge on any atom is 0.242 e. The molecule has 180 valence electrons. The van der Waals surface area contributed by atoms with Gasteiger partial charge in [0.25, 0.3) is 0 Å². The summed E-state index contributed by atoms with van der Waals surface area (Å²) in [4.78, 5) is 30.3. The van der Waals surface area contributed by atoms with Gasteiger partial charge >= 0.3 is 0 Å². The summed E-state index contributed by atoms with van der Waals surface area (Å²) < 4.78 is 0. The van der Waals surface area contributed by atoms with E-state index < -0.39 is 0 Å². The quantitative estimate of drug-likeness (QED) is 0.468. The van der Waals surface area contributed by atoms with E-state index in [2.05, 4.69) is 58.1 Å². The van der Waals surface area contributed by atoms with Gasteiger partial charge in [0.15, 0.2) is 5.82 Å². The number of benzene rings is 2. The molecule has 3 aromatic rings. The van der Waals surface area contributed by atoms with Crippen molar-refractivity contribution in [3.8, 4) is 22.4 Å². The van der Waals surface area contributed by atoms with E-state index in [1.54, 1.807) is 17.9 Å². The van der Waals surface area contributed by atoms with Gasteiger partial charge in [0, 0.05) is 44.7 Å². The van der Waals surface area contributed by atoms with Gasteiger partial charge in [0.2, 0.25) is 11.8 Å². The van der Waals surface area contributed by atoms with Crippen molar-refractivity contribution in [3.05, 3.63) is 79.4 Å². The van der Waals surface area contributed by atoms with Crippen molar-refractivity contribution in [2.75, 3.05) is 44.2 Å². The van der Waals surface area contributed by atoms with Crippen LogP contribution in [0.2, 0.25) is 0 Å². The Balaban J connectivity index is 1.33. The number of hydrogen-bond donors (Lipinski definition) is 0. The number of nitrogens with zero attached hydrogens (tertiary/aromatic N) is 5. The molecule has 1 saturated heterocycles. The van der Waals surface area contributed by atoms with Crippen molar-refractivity contribution >= 4 is 17.6 Å². The van der Waals surface area contributed by atoms with E-state index >= 15 is 0 Å². The molecule has 0 atom stereocenters. The van der Waals surface area contributed by atoms with Gasteiger partial charge in [-0.25, -0.2) is 0 Å². The zero-order valence-corrected chi connectivity index (χ0v) is 20.1. The van der Waals surface area contributed by atoms with E-state index in [1.165, 1.54) is 5.56 Å². The van der Waals surface area contributed by atoms with Crippen LogP contribution in [0.4, 0.5) is 5.82 Å². The number of carbonyl (C=O) groups excluding carboxylic acids is 2. The van der Waals surface area contributed by atoms with Gasteiger partial charge in [0.1, 0.15) is 6.54 Å². The molecule has 1 fully saturated rings. The Kier molecular flexibility index (Phi) is 7.88. The second-order valence-corrected chi connectivity index (χ2v) is 8.50. The van der Waals surface area contributed by atoms with Gasteiger partial charge in [-0.1, -0.05) is 67.6 Å². The summed E-state index contributed by atoms with van der Waals surface area (Å²) in [6, 6.07) is 22.6. The molecule has 0 aliphatic carbocycles. The molecule has 1 aliphatic heterocycles. The largest absolute Gasteiger partial charge is 0.352 e. The van der Waals surface area contributed by atoms with Gasteiger partial charge < -0.3 is 14.7 Å². The molecule has 0 bridgehead atoms. The molecule has 4 rings (SSSR count). The van der Waals surface area contributed by atoms with Crippen LogP contribution < -0.4 is 4.90 Å². The summed E-state index contributed by atoms with van der Waals surface area (Å²) in [6.45, 7) is 8.49. The summed E-state index contributed by atoms with van der Waals surface area (Å²) in [5, 5.41) is 8.89. The van der Waals surface area contributed by atoms with E-state index in [0.29, 0.717) is 39.1 Å². The molecule has 2 aromatic carbocycles. The first kappa shape index (κ1) is 24.1. The molecule has 0 saturated carbocycles. The topological polar surface area (TPSA) is 69.6 Å². The van der Waals surface area contributed by atoms with Crippen LogP contribution in [0.1, 0.15) is 13.3 Å². The zero-order valence-electron chi connectivity index (χ0n) is 20.1. The minimum atomic E-state index is -0.0399. The summed E-state index contributed by atoms with van der Waals surface area (Å²) in [7, 11) is 0. The standard InChI is InChI=1S/C28H31N5O2/c1-3-16-33(27(34)4-2)21-28(35)32-19-17-31(18-20-32)26-15-14-25(29-30-26)24-12-10-23(11-13-24)22-8-6-5-7-9-22/h3,5-15H,1,4,16-21H2,2H3. The molecule has 1 aromatic heterocycles. The van der Waals surface area contributed by atoms with E-state index in [9.17, 15) is 9.59 Å². The number of hydrogen-bond acceptors (Lipinski definition) is 5. The molecular weight excluding hydrogens is 438 g/mol. The molecule has 7 heteroatoms. The van der Waals surface area contributed by atoms with Gasteiger partial charge in [0.05, 0.1) is 5.69 Å². The van der Waals surface area contributed by atoms with Crippen LogP contribution in [-0.2, 0) is 9.59 Å². The zero-order chi connectivity index (χ0) is 24.6. The molecule has 2 heterocycles. The first-order valence-corrected chi connectivity index (χ1v) is 12.0. The highest BCUT2D eigenvalue weighted by molar-refractivity contribution is 5.85. The lowest BCUT2D eigenvalue weighted by Crippen LogP contribution is -2.52. The second-order valence-electron chi connectivity index (χ2n) is 8.50. The van der Waals surface area contributed by atoms with Crippen LogP contribution in [0.3, 0.4) is 0 Å². The third-order valence-corrected chi connectivity index (χ3v) is 6.23. The molecule has 0 N–H and O–H groups in total. The monoisotopic (exact) mass is 469 g/mol. The predicted octanol–water partition coefficient (Wildman–Crippen LogP) is 3.88. The number of carbonyl (C=O) groups is 2. The number of anilines is 1. The van der Waals surface area contributed by atoms with Crippen LogP contribution in [0, 0.1) is 0 Å². The summed E-state index contributed by atoms with van der Waals surface area (Å²) in [5.74, 6) is 0.729. The van der Waals surface area contributed by atoms with E-state index in [4.69, 9.17) is 0 Å². The molecule has 0 radical (unpaired) electrons. The Hall–Kier alpha value is -4.00. The van der Waals surface area contributed by atoms with Crippen LogP contribution in [0.15, 0.2) is 79.4 Å². The molecule has 0 spiro atoms. The smallest absolute Gasteiger partial charge is 0.242 e. The fraction of sp³-hybridized carbons (Fsp3) is 0.286. The van der Waals surface area contributed by atoms with Gasteiger partial charge in [-0.2, -0.15) is 0 Å². The molecule has 0 unspecified atom stereocenters. The lowest BCUT2D eigenvalue weighted by molar-refractivity contribution is -0.140. The summed E-state index contributed by atoms with van der Waals surface area (Å²) in [5.41, 5.74) is 4.19. The third-order valence-electron chi connectivity index (χ3n) is 6.23.